The first-order valence-corrected chi connectivity index (χ1v) is 12.2. The number of methoxy groups -OCH3 is 1. The summed E-state index contributed by atoms with van der Waals surface area (Å²) in [7, 11) is 1.58. The summed E-state index contributed by atoms with van der Waals surface area (Å²) in [6.45, 7) is 5.05. The average molecular weight is 506 g/mol. The van der Waals surface area contributed by atoms with Crippen molar-refractivity contribution < 1.29 is 33.3 Å². The summed E-state index contributed by atoms with van der Waals surface area (Å²) >= 11 is 0. The molecular formula is C29H31NO7. The van der Waals surface area contributed by atoms with Crippen molar-refractivity contribution >= 4 is 11.7 Å². The number of amides is 1. The van der Waals surface area contributed by atoms with Crippen molar-refractivity contribution in [1.82, 2.24) is 4.90 Å². The smallest absolute Gasteiger partial charge is 0.290 e. The summed E-state index contributed by atoms with van der Waals surface area (Å²) in [5, 5.41) is 10.8. The quantitative estimate of drug-likeness (QED) is 0.267. The number of furan rings is 1. The number of rotatable bonds is 12. The largest absolute Gasteiger partial charge is 0.503 e. The number of nitrogens with zero attached hydrogens (tertiary/aromatic N) is 1. The van der Waals surface area contributed by atoms with E-state index in [1.807, 2.05) is 37.3 Å². The van der Waals surface area contributed by atoms with Crippen LogP contribution in [0.2, 0.25) is 0 Å². The van der Waals surface area contributed by atoms with E-state index in [0.29, 0.717) is 49.1 Å². The van der Waals surface area contributed by atoms with Gasteiger partial charge in [-0.1, -0.05) is 36.4 Å². The van der Waals surface area contributed by atoms with Crippen LogP contribution in [0, 0.1) is 6.92 Å². The Morgan fingerprint density at radius 3 is 2.51 bits per heavy atom. The first-order chi connectivity index (χ1) is 17.9. The van der Waals surface area contributed by atoms with Crippen molar-refractivity contribution in [2.45, 2.75) is 32.9 Å². The molecule has 1 N–H and O–H groups in total. The van der Waals surface area contributed by atoms with Crippen molar-refractivity contribution in [2.75, 3.05) is 26.9 Å². The lowest BCUT2D eigenvalue weighted by Gasteiger charge is -2.27. The number of carbonyl (C=O) groups is 2. The Kier molecular flexibility index (Phi) is 8.30. The van der Waals surface area contributed by atoms with E-state index in [4.69, 9.17) is 18.6 Å². The number of carbonyl (C=O) groups excluding carboxylic acids is 2. The second kappa shape index (κ2) is 11.8. The van der Waals surface area contributed by atoms with Crippen LogP contribution in [0.25, 0.3) is 0 Å². The molecule has 1 unspecified atom stereocenters. The van der Waals surface area contributed by atoms with Gasteiger partial charge in [0.2, 0.25) is 5.78 Å². The molecule has 3 aromatic rings. The Hall–Kier alpha value is -4.04. The second-order valence-electron chi connectivity index (χ2n) is 8.66. The van der Waals surface area contributed by atoms with Crippen LogP contribution >= 0.6 is 0 Å². The topological polar surface area (TPSA) is 98.4 Å². The zero-order chi connectivity index (χ0) is 26.4. The molecule has 0 spiro atoms. The normalized spacial score (nSPS) is 15.4. The molecule has 1 aliphatic heterocycles. The third-order valence-corrected chi connectivity index (χ3v) is 6.08. The predicted molar refractivity (Wildman–Crippen MR) is 137 cm³/mol. The minimum Gasteiger partial charge on any atom is -0.503 e. The maximum absolute atomic E-state index is 13.4. The molecule has 4 rings (SSSR count). The van der Waals surface area contributed by atoms with Crippen molar-refractivity contribution in [1.29, 1.82) is 0 Å². The highest BCUT2D eigenvalue weighted by atomic mass is 16.5. The van der Waals surface area contributed by atoms with Crippen LogP contribution < -0.4 is 9.47 Å². The number of ether oxygens (including phenoxy) is 3. The fourth-order valence-corrected chi connectivity index (χ4v) is 4.35. The number of Topliss-reactive ketones (excluding diaryl/α,β-unsaturated/α-hetero) is 1. The lowest BCUT2D eigenvalue weighted by Crippen LogP contribution is -2.32. The third kappa shape index (κ3) is 5.70. The van der Waals surface area contributed by atoms with Gasteiger partial charge in [0, 0.05) is 20.3 Å². The van der Waals surface area contributed by atoms with Crippen LogP contribution in [0.5, 0.6) is 11.5 Å². The molecule has 8 heteroatoms. The molecule has 0 saturated carbocycles. The first kappa shape index (κ1) is 26.0. The standard InChI is InChI=1S/C29H31NO7/c1-4-35-24-17-21(12-14-22(24)36-18-20-9-6-5-7-10-20)26-25(27(31)23-13-11-19(2)37-23)28(32)29(33)30(26)15-8-16-34-3/h5-7,9-14,17,26,32H,4,8,15-16,18H2,1-3H3. The van der Waals surface area contributed by atoms with Crippen LogP contribution in [0.3, 0.4) is 0 Å². The summed E-state index contributed by atoms with van der Waals surface area (Å²) in [4.78, 5) is 28.0. The fraction of sp³-hybridized carbons (Fsp3) is 0.310. The van der Waals surface area contributed by atoms with E-state index >= 15 is 0 Å². The Balaban J connectivity index is 1.71. The van der Waals surface area contributed by atoms with Gasteiger partial charge in [0.05, 0.1) is 18.2 Å². The van der Waals surface area contributed by atoms with Crippen molar-refractivity contribution in [3.05, 3.63) is 94.6 Å². The summed E-state index contributed by atoms with van der Waals surface area (Å²) < 4.78 is 22.6. The summed E-state index contributed by atoms with van der Waals surface area (Å²) in [6.07, 6.45) is 0.532. The number of aryl methyl sites for hydroxylation is 1. The third-order valence-electron chi connectivity index (χ3n) is 6.08. The van der Waals surface area contributed by atoms with Gasteiger partial charge in [0.15, 0.2) is 23.0 Å². The minimum atomic E-state index is -0.829. The van der Waals surface area contributed by atoms with Crippen LogP contribution in [-0.4, -0.2) is 48.6 Å². The minimum absolute atomic E-state index is 0.0304. The zero-order valence-corrected chi connectivity index (χ0v) is 21.2. The second-order valence-corrected chi connectivity index (χ2v) is 8.66. The molecule has 194 valence electrons. The van der Waals surface area contributed by atoms with Crippen molar-refractivity contribution in [3.8, 4) is 11.5 Å². The number of hydrogen-bond acceptors (Lipinski definition) is 7. The van der Waals surface area contributed by atoms with E-state index in [0.717, 1.165) is 5.56 Å². The summed E-state index contributed by atoms with van der Waals surface area (Å²) in [6, 6.07) is 17.4. The van der Waals surface area contributed by atoms with Gasteiger partial charge in [-0.2, -0.15) is 0 Å². The Labute approximate surface area is 216 Å². The zero-order valence-electron chi connectivity index (χ0n) is 21.2. The molecule has 0 bridgehead atoms. The van der Waals surface area contributed by atoms with E-state index in [1.54, 1.807) is 44.4 Å². The molecule has 8 nitrogen and oxygen atoms in total. The number of aliphatic hydroxyl groups excluding tert-OH is 1. The van der Waals surface area contributed by atoms with Gasteiger partial charge < -0.3 is 28.6 Å². The number of benzene rings is 2. The Morgan fingerprint density at radius 2 is 1.84 bits per heavy atom. The highest BCUT2D eigenvalue weighted by Gasteiger charge is 2.44. The number of ketones is 1. The van der Waals surface area contributed by atoms with Gasteiger partial charge in [0.1, 0.15) is 12.4 Å². The van der Waals surface area contributed by atoms with Crippen LogP contribution in [0.4, 0.5) is 0 Å². The molecular weight excluding hydrogens is 474 g/mol. The molecule has 0 radical (unpaired) electrons. The first-order valence-electron chi connectivity index (χ1n) is 12.2. The van der Waals surface area contributed by atoms with Gasteiger partial charge in [-0.25, -0.2) is 0 Å². The van der Waals surface area contributed by atoms with Gasteiger partial charge >= 0.3 is 0 Å². The molecule has 2 aromatic carbocycles. The lowest BCUT2D eigenvalue weighted by molar-refractivity contribution is -0.129. The number of hydrogen-bond donors (Lipinski definition) is 1. The van der Waals surface area contributed by atoms with Crippen LogP contribution in [0.1, 0.15) is 46.8 Å². The van der Waals surface area contributed by atoms with Crippen molar-refractivity contribution in [2.24, 2.45) is 0 Å². The molecule has 37 heavy (non-hydrogen) atoms. The maximum atomic E-state index is 13.4. The Bertz CT molecular complexity index is 1280. The Morgan fingerprint density at radius 1 is 1.05 bits per heavy atom. The van der Waals surface area contributed by atoms with Gasteiger partial charge in [0.25, 0.3) is 5.91 Å². The highest BCUT2D eigenvalue weighted by molar-refractivity contribution is 6.15. The van der Waals surface area contributed by atoms with E-state index in [1.165, 1.54) is 4.90 Å². The maximum Gasteiger partial charge on any atom is 0.290 e. The van der Waals surface area contributed by atoms with Crippen LogP contribution in [0.15, 0.2) is 76.4 Å². The van der Waals surface area contributed by atoms with Gasteiger partial charge in [-0.3, -0.25) is 9.59 Å². The molecule has 1 aliphatic rings. The van der Waals surface area contributed by atoms with Gasteiger partial charge in [-0.05, 0) is 55.7 Å². The molecule has 1 aromatic heterocycles. The molecule has 0 fully saturated rings. The van der Waals surface area contributed by atoms with Gasteiger partial charge in [-0.15, -0.1) is 0 Å². The van der Waals surface area contributed by atoms with Crippen molar-refractivity contribution in [3.63, 3.8) is 0 Å². The number of aliphatic hydroxyl groups is 1. The average Bonchev–Trinajstić information content (AvgIpc) is 3.45. The summed E-state index contributed by atoms with van der Waals surface area (Å²) in [5.41, 5.74) is 1.59. The monoisotopic (exact) mass is 505 g/mol. The lowest BCUT2D eigenvalue weighted by atomic mass is 9.94. The molecule has 1 atom stereocenters. The molecule has 0 saturated heterocycles. The predicted octanol–water partition coefficient (Wildman–Crippen LogP) is 5.18. The highest BCUT2D eigenvalue weighted by Crippen LogP contribution is 2.42. The van der Waals surface area contributed by atoms with Crippen LogP contribution in [-0.2, 0) is 16.1 Å². The van der Waals surface area contributed by atoms with E-state index in [-0.39, 0.29) is 17.9 Å². The SMILES string of the molecule is CCOc1cc(C2C(C(=O)c3ccc(C)o3)=C(O)C(=O)N2CCCOC)ccc1OCc1ccccc1. The van der Waals surface area contributed by atoms with E-state index in [2.05, 4.69) is 0 Å². The molecule has 0 aliphatic carbocycles. The summed E-state index contributed by atoms with van der Waals surface area (Å²) in [5.74, 6) is -0.109. The molecule has 2 heterocycles. The fourth-order valence-electron chi connectivity index (χ4n) is 4.35. The van der Waals surface area contributed by atoms with E-state index < -0.39 is 23.5 Å². The van der Waals surface area contributed by atoms with E-state index in [9.17, 15) is 14.7 Å². The molecule has 1 amide bonds.